The number of benzene rings is 2. The van der Waals surface area contributed by atoms with Gasteiger partial charge >= 0.3 is 0 Å². The van der Waals surface area contributed by atoms with Gasteiger partial charge in [0.05, 0.1) is 6.61 Å². The summed E-state index contributed by atoms with van der Waals surface area (Å²) in [6, 6.07) is 11.9. The molecule has 2 aromatic carbocycles. The van der Waals surface area contributed by atoms with E-state index in [9.17, 15) is 0 Å². The minimum atomic E-state index is 0.177. The molecule has 0 atom stereocenters. The standard InChI is InChI=1S/C20H26ClNO3/c1-3-24-19-11-17(13-22-8-5-9-23)18(21)12-20(19)25-14-16-7-4-6-15(2)10-16/h4,6-7,10-12,22-23H,3,5,8-9,13-14H2,1-2H3. The van der Waals surface area contributed by atoms with Crippen LogP contribution in [0.2, 0.25) is 5.02 Å². The van der Waals surface area contributed by atoms with Crippen molar-refractivity contribution < 1.29 is 14.6 Å². The lowest BCUT2D eigenvalue weighted by molar-refractivity contribution is 0.269. The van der Waals surface area contributed by atoms with E-state index in [-0.39, 0.29) is 6.61 Å². The molecule has 0 aliphatic carbocycles. The first-order valence-corrected chi connectivity index (χ1v) is 8.97. The van der Waals surface area contributed by atoms with Gasteiger partial charge in [-0.1, -0.05) is 41.4 Å². The molecule has 25 heavy (non-hydrogen) atoms. The topological polar surface area (TPSA) is 50.7 Å². The summed E-state index contributed by atoms with van der Waals surface area (Å²) in [6.07, 6.45) is 0.716. The summed E-state index contributed by atoms with van der Waals surface area (Å²) >= 11 is 6.40. The molecular weight excluding hydrogens is 338 g/mol. The van der Waals surface area contributed by atoms with Crippen LogP contribution in [-0.2, 0) is 13.2 Å². The van der Waals surface area contributed by atoms with Gasteiger partial charge in [0.1, 0.15) is 6.61 Å². The molecule has 0 saturated heterocycles. The maximum Gasteiger partial charge on any atom is 0.163 e. The number of hydrogen-bond donors (Lipinski definition) is 2. The number of aryl methyl sites for hydroxylation is 1. The third kappa shape index (κ3) is 6.24. The summed E-state index contributed by atoms with van der Waals surface area (Å²) in [5, 5.41) is 12.7. The largest absolute Gasteiger partial charge is 0.490 e. The van der Waals surface area contributed by atoms with Gasteiger partial charge in [-0.2, -0.15) is 0 Å². The Morgan fingerprint density at radius 3 is 2.64 bits per heavy atom. The SMILES string of the molecule is CCOc1cc(CNCCCO)c(Cl)cc1OCc1cccc(C)c1. The van der Waals surface area contributed by atoms with Crippen molar-refractivity contribution in [3.8, 4) is 11.5 Å². The second-order valence-electron chi connectivity index (χ2n) is 5.86. The van der Waals surface area contributed by atoms with Gasteiger partial charge in [-0.05, 0) is 44.0 Å². The molecule has 2 rings (SSSR count). The fourth-order valence-corrected chi connectivity index (χ4v) is 2.70. The first-order chi connectivity index (χ1) is 12.1. The summed E-state index contributed by atoms with van der Waals surface area (Å²) < 4.78 is 11.7. The van der Waals surface area contributed by atoms with Crippen LogP contribution in [0.1, 0.15) is 30.0 Å². The molecule has 0 spiro atoms. The normalized spacial score (nSPS) is 10.7. The minimum Gasteiger partial charge on any atom is -0.490 e. The van der Waals surface area contributed by atoms with Crippen molar-refractivity contribution in [1.29, 1.82) is 0 Å². The highest BCUT2D eigenvalue weighted by atomic mass is 35.5. The van der Waals surface area contributed by atoms with E-state index < -0.39 is 0 Å². The monoisotopic (exact) mass is 363 g/mol. The van der Waals surface area contributed by atoms with E-state index in [1.54, 1.807) is 0 Å². The van der Waals surface area contributed by atoms with E-state index in [4.69, 9.17) is 26.2 Å². The van der Waals surface area contributed by atoms with Gasteiger partial charge in [-0.25, -0.2) is 0 Å². The van der Waals surface area contributed by atoms with Gasteiger partial charge in [-0.15, -0.1) is 0 Å². The third-order valence-electron chi connectivity index (χ3n) is 3.72. The molecule has 4 nitrogen and oxygen atoms in total. The molecule has 5 heteroatoms. The second kappa shape index (κ2) is 10.3. The Labute approximate surface area is 154 Å². The molecule has 0 amide bonds. The zero-order valence-corrected chi connectivity index (χ0v) is 15.6. The first-order valence-electron chi connectivity index (χ1n) is 8.59. The van der Waals surface area contributed by atoms with Crippen LogP contribution < -0.4 is 14.8 Å². The van der Waals surface area contributed by atoms with Crippen molar-refractivity contribution in [2.45, 2.75) is 33.4 Å². The highest BCUT2D eigenvalue weighted by Crippen LogP contribution is 2.34. The summed E-state index contributed by atoms with van der Waals surface area (Å²) in [5.74, 6) is 1.34. The Morgan fingerprint density at radius 1 is 1.12 bits per heavy atom. The van der Waals surface area contributed by atoms with Crippen LogP contribution in [0.3, 0.4) is 0 Å². The van der Waals surface area contributed by atoms with E-state index in [1.165, 1.54) is 5.56 Å². The maximum atomic E-state index is 8.84. The molecule has 2 aromatic rings. The average molecular weight is 364 g/mol. The van der Waals surface area contributed by atoms with Crippen LogP contribution in [0, 0.1) is 6.92 Å². The molecular formula is C20H26ClNO3. The molecule has 0 heterocycles. The predicted molar refractivity (Wildman–Crippen MR) is 102 cm³/mol. The minimum absolute atomic E-state index is 0.177. The fraction of sp³-hybridized carbons (Fsp3) is 0.400. The van der Waals surface area contributed by atoms with Crippen LogP contribution in [0.5, 0.6) is 11.5 Å². The Kier molecular flexibility index (Phi) is 8.06. The van der Waals surface area contributed by atoms with Crippen LogP contribution in [0.4, 0.5) is 0 Å². The lowest BCUT2D eigenvalue weighted by atomic mass is 10.1. The van der Waals surface area contributed by atoms with Crippen LogP contribution in [0.15, 0.2) is 36.4 Å². The Bertz CT molecular complexity index is 676. The van der Waals surface area contributed by atoms with E-state index in [1.807, 2.05) is 31.2 Å². The molecule has 136 valence electrons. The molecule has 0 saturated carbocycles. The molecule has 0 fully saturated rings. The lowest BCUT2D eigenvalue weighted by Crippen LogP contribution is -2.16. The van der Waals surface area contributed by atoms with Crippen molar-refractivity contribution in [2.75, 3.05) is 19.8 Å². The summed E-state index contributed by atoms with van der Waals surface area (Å²) in [7, 11) is 0. The van der Waals surface area contributed by atoms with E-state index in [0.29, 0.717) is 42.7 Å². The van der Waals surface area contributed by atoms with Gasteiger partial charge in [0.25, 0.3) is 0 Å². The predicted octanol–water partition coefficient (Wildman–Crippen LogP) is 4.10. The highest BCUT2D eigenvalue weighted by molar-refractivity contribution is 6.31. The van der Waals surface area contributed by atoms with E-state index in [2.05, 4.69) is 24.4 Å². The fourth-order valence-electron chi connectivity index (χ4n) is 2.48. The average Bonchev–Trinajstić information content (AvgIpc) is 2.60. The van der Waals surface area contributed by atoms with Crippen molar-refractivity contribution in [1.82, 2.24) is 5.32 Å². The summed E-state index contributed by atoms with van der Waals surface area (Å²) in [6.45, 7) is 6.56. The summed E-state index contributed by atoms with van der Waals surface area (Å²) in [4.78, 5) is 0. The van der Waals surface area contributed by atoms with Gasteiger partial charge in [0.2, 0.25) is 0 Å². The number of ether oxygens (including phenoxy) is 2. The maximum absolute atomic E-state index is 8.84. The van der Waals surface area contributed by atoms with E-state index in [0.717, 1.165) is 17.7 Å². The number of aliphatic hydroxyl groups excluding tert-OH is 1. The third-order valence-corrected chi connectivity index (χ3v) is 4.07. The Balaban J connectivity index is 2.09. The molecule has 0 aromatic heterocycles. The molecule has 0 aliphatic heterocycles. The molecule has 0 bridgehead atoms. The molecule has 0 unspecified atom stereocenters. The number of rotatable bonds is 10. The smallest absolute Gasteiger partial charge is 0.163 e. The van der Waals surface area contributed by atoms with Crippen molar-refractivity contribution in [3.63, 3.8) is 0 Å². The lowest BCUT2D eigenvalue weighted by Gasteiger charge is -2.15. The number of nitrogens with one attached hydrogen (secondary N) is 1. The van der Waals surface area contributed by atoms with Crippen molar-refractivity contribution in [2.24, 2.45) is 0 Å². The summed E-state index contributed by atoms with van der Waals surface area (Å²) in [5.41, 5.74) is 3.26. The second-order valence-corrected chi connectivity index (χ2v) is 6.26. The molecule has 0 aliphatic rings. The van der Waals surface area contributed by atoms with E-state index >= 15 is 0 Å². The van der Waals surface area contributed by atoms with Gasteiger partial charge < -0.3 is 19.9 Å². The van der Waals surface area contributed by atoms with Crippen LogP contribution in [-0.4, -0.2) is 24.9 Å². The Hall–Kier alpha value is -1.75. The number of hydrogen-bond acceptors (Lipinski definition) is 4. The quantitative estimate of drug-likeness (QED) is 0.624. The molecule has 2 N–H and O–H groups in total. The first kappa shape index (κ1) is 19.6. The van der Waals surface area contributed by atoms with Crippen LogP contribution in [0.25, 0.3) is 0 Å². The zero-order chi connectivity index (χ0) is 18.1. The zero-order valence-electron chi connectivity index (χ0n) is 14.8. The number of halogens is 1. The van der Waals surface area contributed by atoms with Gasteiger partial charge in [-0.3, -0.25) is 0 Å². The molecule has 0 radical (unpaired) electrons. The number of aliphatic hydroxyl groups is 1. The highest BCUT2D eigenvalue weighted by Gasteiger charge is 2.11. The van der Waals surface area contributed by atoms with Gasteiger partial charge in [0, 0.05) is 24.2 Å². The van der Waals surface area contributed by atoms with Gasteiger partial charge in [0.15, 0.2) is 11.5 Å². The Morgan fingerprint density at radius 2 is 1.92 bits per heavy atom. The van der Waals surface area contributed by atoms with Crippen molar-refractivity contribution >= 4 is 11.6 Å². The van der Waals surface area contributed by atoms with Crippen LogP contribution >= 0.6 is 11.6 Å². The van der Waals surface area contributed by atoms with Crippen molar-refractivity contribution in [3.05, 3.63) is 58.1 Å².